The molecule has 1 aromatic rings. The van der Waals surface area contributed by atoms with E-state index < -0.39 is 6.04 Å². The quantitative estimate of drug-likeness (QED) is 0.639. The first-order chi connectivity index (χ1) is 10.6. The first-order valence-electron chi connectivity index (χ1n) is 7.61. The molecule has 1 amide bonds. The Labute approximate surface area is 130 Å². The number of carbonyl (C=O) groups is 2. The van der Waals surface area contributed by atoms with Crippen LogP contribution in [0.3, 0.4) is 0 Å². The standard InChI is InChI=1S/C17H22N2O3/c1-12-7-3-4-8-13(2)17(21)22-11-15(19-16(12)20)14-9-5-6-10-18-14/h3-6,9-10,12-13,15H,7-8,11H2,1-2H3,(H,19,20)/t12-,13+,15-/m0/s1. The largest absolute Gasteiger partial charge is 0.463 e. The molecule has 1 aliphatic heterocycles. The predicted octanol–water partition coefficient (Wildman–Crippen LogP) is 2.40. The Morgan fingerprint density at radius 2 is 1.86 bits per heavy atom. The summed E-state index contributed by atoms with van der Waals surface area (Å²) in [7, 11) is 0. The van der Waals surface area contributed by atoms with Crippen molar-refractivity contribution in [2.24, 2.45) is 11.8 Å². The zero-order valence-corrected chi connectivity index (χ0v) is 13.0. The van der Waals surface area contributed by atoms with Crippen LogP contribution in [-0.4, -0.2) is 23.5 Å². The maximum atomic E-state index is 12.2. The fraction of sp³-hybridized carbons (Fsp3) is 0.471. The zero-order chi connectivity index (χ0) is 15.9. The molecule has 5 heteroatoms. The van der Waals surface area contributed by atoms with E-state index in [1.165, 1.54) is 0 Å². The second kappa shape index (κ2) is 7.73. The molecule has 0 fully saturated rings. The van der Waals surface area contributed by atoms with Gasteiger partial charge in [-0.2, -0.15) is 0 Å². The van der Waals surface area contributed by atoms with Gasteiger partial charge in [0.1, 0.15) is 12.6 Å². The molecular formula is C17H22N2O3. The Kier molecular flexibility index (Phi) is 5.69. The van der Waals surface area contributed by atoms with E-state index in [-0.39, 0.29) is 30.3 Å². The van der Waals surface area contributed by atoms with Gasteiger partial charge in [-0.15, -0.1) is 0 Å². The van der Waals surface area contributed by atoms with Crippen LogP contribution in [0.25, 0.3) is 0 Å². The van der Waals surface area contributed by atoms with E-state index in [1.54, 1.807) is 6.20 Å². The summed E-state index contributed by atoms with van der Waals surface area (Å²) < 4.78 is 5.35. The molecule has 3 atom stereocenters. The number of cyclic esters (lactones) is 1. The summed E-state index contributed by atoms with van der Waals surface area (Å²) >= 11 is 0. The van der Waals surface area contributed by atoms with Crippen LogP contribution in [-0.2, 0) is 14.3 Å². The Balaban J connectivity index is 2.19. The number of carbonyl (C=O) groups excluding carboxylic acids is 2. The highest BCUT2D eigenvalue weighted by atomic mass is 16.5. The summed E-state index contributed by atoms with van der Waals surface area (Å²) in [5.41, 5.74) is 0.691. The molecule has 1 N–H and O–H groups in total. The average Bonchev–Trinajstić information content (AvgIpc) is 2.54. The van der Waals surface area contributed by atoms with Gasteiger partial charge in [0.15, 0.2) is 0 Å². The van der Waals surface area contributed by atoms with Gasteiger partial charge in [-0.3, -0.25) is 14.6 Å². The van der Waals surface area contributed by atoms with E-state index in [0.29, 0.717) is 18.5 Å². The minimum Gasteiger partial charge on any atom is -0.463 e. The molecule has 2 heterocycles. The van der Waals surface area contributed by atoms with Gasteiger partial charge >= 0.3 is 5.97 Å². The molecule has 118 valence electrons. The number of ether oxygens (including phenoxy) is 1. The molecular weight excluding hydrogens is 280 g/mol. The summed E-state index contributed by atoms with van der Waals surface area (Å²) in [5, 5.41) is 2.92. The summed E-state index contributed by atoms with van der Waals surface area (Å²) in [5.74, 6) is -0.641. The van der Waals surface area contributed by atoms with Crippen molar-refractivity contribution in [3.05, 3.63) is 42.2 Å². The van der Waals surface area contributed by atoms with Gasteiger partial charge in [-0.25, -0.2) is 0 Å². The molecule has 1 aliphatic rings. The van der Waals surface area contributed by atoms with E-state index in [2.05, 4.69) is 10.3 Å². The van der Waals surface area contributed by atoms with Crippen LogP contribution < -0.4 is 5.32 Å². The fourth-order valence-electron chi connectivity index (χ4n) is 2.21. The summed E-state index contributed by atoms with van der Waals surface area (Å²) in [4.78, 5) is 28.5. The van der Waals surface area contributed by atoms with Crippen molar-refractivity contribution in [3.8, 4) is 0 Å². The number of esters is 1. The zero-order valence-electron chi connectivity index (χ0n) is 13.0. The van der Waals surface area contributed by atoms with Crippen LogP contribution >= 0.6 is 0 Å². The Hall–Kier alpha value is -2.17. The Morgan fingerprint density at radius 1 is 1.14 bits per heavy atom. The number of pyridine rings is 1. The normalized spacial score (nSPS) is 27.3. The number of hydrogen-bond donors (Lipinski definition) is 1. The number of nitrogens with zero attached hydrogens (tertiary/aromatic N) is 1. The highest BCUT2D eigenvalue weighted by Crippen LogP contribution is 2.16. The second-order valence-electron chi connectivity index (χ2n) is 5.69. The smallest absolute Gasteiger partial charge is 0.309 e. The van der Waals surface area contributed by atoms with Gasteiger partial charge in [0, 0.05) is 12.1 Å². The molecule has 0 aromatic carbocycles. The minimum atomic E-state index is -0.421. The molecule has 2 rings (SSSR count). The highest BCUT2D eigenvalue weighted by molar-refractivity contribution is 5.79. The Bertz CT molecular complexity index is 542. The molecule has 0 aliphatic carbocycles. The third kappa shape index (κ3) is 4.41. The van der Waals surface area contributed by atoms with Crippen LogP contribution in [0.5, 0.6) is 0 Å². The van der Waals surface area contributed by atoms with Gasteiger partial charge in [0.05, 0.1) is 11.6 Å². The summed E-state index contributed by atoms with van der Waals surface area (Å²) in [6.07, 6.45) is 6.83. The van der Waals surface area contributed by atoms with Crippen molar-refractivity contribution in [1.29, 1.82) is 0 Å². The van der Waals surface area contributed by atoms with Crippen molar-refractivity contribution in [2.75, 3.05) is 6.61 Å². The fourth-order valence-corrected chi connectivity index (χ4v) is 2.21. The summed E-state index contributed by atoms with van der Waals surface area (Å²) in [6.45, 7) is 3.83. The van der Waals surface area contributed by atoms with Crippen molar-refractivity contribution in [2.45, 2.75) is 32.7 Å². The van der Waals surface area contributed by atoms with Crippen LogP contribution in [0, 0.1) is 11.8 Å². The molecule has 0 spiro atoms. The van der Waals surface area contributed by atoms with E-state index >= 15 is 0 Å². The molecule has 0 radical (unpaired) electrons. The van der Waals surface area contributed by atoms with Crippen molar-refractivity contribution < 1.29 is 14.3 Å². The first-order valence-corrected chi connectivity index (χ1v) is 7.61. The van der Waals surface area contributed by atoms with E-state index in [0.717, 1.165) is 0 Å². The third-order valence-electron chi connectivity index (χ3n) is 3.75. The lowest BCUT2D eigenvalue weighted by molar-refractivity contribution is -0.149. The molecule has 0 unspecified atom stereocenters. The maximum Gasteiger partial charge on any atom is 0.309 e. The average molecular weight is 302 g/mol. The number of amides is 1. The number of nitrogens with one attached hydrogen (secondary N) is 1. The van der Waals surface area contributed by atoms with E-state index in [4.69, 9.17) is 4.74 Å². The van der Waals surface area contributed by atoms with Gasteiger partial charge in [-0.05, 0) is 25.0 Å². The van der Waals surface area contributed by atoms with Crippen molar-refractivity contribution >= 4 is 11.9 Å². The maximum absolute atomic E-state index is 12.2. The van der Waals surface area contributed by atoms with Gasteiger partial charge in [0.25, 0.3) is 0 Å². The topological polar surface area (TPSA) is 68.3 Å². The molecule has 5 nitrogen and oxygen atoms in total. The van der Waals surface area contributed by atoms with Crippen LogP contribution in [0.15, 0.2) is 36.5 Å². The predicted molar refractivity (Wildman–Crippen MR) is 82.8 cm³/mol. The lowest BCUT2D eigenvalue weighted by Gasteiger charge is -2.21. The van der Waals surface area contributed by atoms with Crippen LogP contribution in [0.4, 0.5) is 0 Å². The lowest BCUT2D eigenvalue weighted by Crippen LogP contribution is -2.36. The minimum absolute atomic E-state index is 0.0648. The van der Waals surface area contributed by atoms with Crippen LogP contribution in [0.2, 0.25) is 0 Å². The molecule has 0 saturated heterocycles. The monoisotopic (exact) mass is 302 g/mol. The van der Waals surface area contributed by atoms with Gasteiger partial charge in [-0.1, -0.05) is 32.1 Å². The van der Waals surface area contributed by atoms with Crippen molar-refractivity contribution in [3.63, 3.8) is 0 Å². The number of hydrogen-bond acceptors (Lipinski definition) is 4. The lowest BCUT2D eigenvalue weighted by atomic mass is 10.0. The SMILES string of the molecule is C[C@@H]1CC=CC[C@H](C)C(=O)N[C@H](c2ccccn2)COC1=O. The molecule has 0 saturated carbocycles. The highest BCUT2D eigenvalue weighted by Gasteiger charge is 2.23. The molecule has 22 heavy (non-hydrogen) atoms. The second-order valence-corrected chi connectivity index (χ2v) is 5.69. The molecule has 0 bridgehead atoms. The first kappa shape index (κ1) is 16.2. The van der Waals surface area contributed by atoms with Gasteiger partial charge in [0.2, 0.25) is 5.91 Å². The van der Waals surface area contributed by atoms with E-state index in [9.17, 15) is 9.59 Å². The van der Waals surface area contributed by atoms with E-state index in [1.807, 2.05) is 44.2 Å². The molecule has 1 aromatic heterocycles. The van der Waals surface area contributed by atoms with Crippen LogP contribution in [0.1, 0.15) is 38.4 Å². The Morgan fingerprint density at radius 3 is 2.55 bits per heavy atom. The van der Waals surface area contributed by atoms with Gasteiger partial charge < -0.3 is 10.1 Å². The number of rotatable bonds is 1. The number of aromatic nitrogens is 1. The number of allylic oxidation sites excluding steroid dienone is 2. The summed E-state index contributed by atoms with van der Waals surface area (Å²) in [6, 6.07) is 5.05. The van der Waals surface area contributed by atoms with Crippen molar-refractivity contribution in [1.82, 2.24) is 10.3 Å². The third-order valence-corrected chi connectivity index (χ3v) is 3.75.